The molecule has 1 heteroatoms. The number of benzene rings is 2. The first-order valence-electron chi connectivity index (χ1n) is 5.29. The minimum absolute atomic E-state index is 0.162. The Labute approximate surface area is 89.2 Å². The molecule has 0 radical (unpaired) electrons. The van der Waals surface area contributed by atoms with Crippen LogP contribution in [0.5, 0.6) is 0 Å². The van der Waals surface area contributed by atoms with Gasteiger partial charge in [-0.2, -0.15) is 0 Å². The smallest absolute Gasteiger partial charge is 0.0336 e. The van der Waals surface area contributed by atoms with Crippen LogP contribution in [0.2, 0.25) is 0 Å². The Bertz CT molecular complexity index is 540. The quantitative estimate of drug-likeness (QED) is 0.686. The predicted octanol–water partition coefficient (Wildman–Crippen LogP) is 3.26. The number of fused-ring (bicyclic) bond motifs is 2. The normalized spacial score (nSPS) is 19.1. The fraction of sp³-hybridized carbons (Fsp3) is 0.143. The van der Waals surface area contributed by atoms with Crippen molar-refractivity contribution in [2.24, 2.45) is 5.73 Å². The Morgan fingerprint density at radius 1 is 1.07 bits per heavy atom. The van der Waals surface area contributed by atoms with E-state index in [-0.39, 0.29) is 6.04 Å². The van der Waals surface area contributed by atoms with Crippen molar-refractivity contribution in [3.8, 4) is 0 Å². The van der Waals surface area contributed by atoms with Crippen LogP contribution in [-0.4, -0.2) is 0 Å². The first kappa shape index (κ1) is 8.69. The molecule has 0 heterocycles. The zero-order chi connectivity index (χ0) is 10.3. The second kappa shape index (κ2) is 3.21. The largest absolute Gasteiger partial charge is 0.324 e. The van der Waals surface area contributed by atoms with E-state index in [2.05, 4.69) is 48.6 Å². The third kappa shape index (κ3) is 1.36. The van der Waals surface area contributed by atoms with Crippen LogP contribution in [0, 0.1) is 0 Å². The van der Waals surface area contributed by atoms with E-state index in [0.717, 1.165) is 6.42 Å². The van der Waals surface area contributed by atoms with Gasteiger partial charge in [0.25, 0.3) is 0 Å². The van der Waals surface area contributed by atoms with Gasteiger partial charge in [-0.15, -0.1) is 0 Å². The highest BCUT2D eigenvalue weighted by Crippen LogP contribution is 2.29. The molecule has 1 nitrogen and oxygen atoms in total. The van der Waals surface area contributed by atoms with Crippen molar-refractivity contribution in [3.63, 3.8) is 0 Å². The molecule has 1 atom stereocenters. The molecule has 0 fully saturated rings. The van der Waals surface area contributed by atoms with Gasteiger partial charge in [0.05, 0.1) is 0 Å². The topological polar surface area (TPSA) is 26.0 Å². The predicted molar refractivity (Wildman–Crippen MR) is 64.5 cm³/mol. The standard InChI is InChI=1S/C14H13N/c15-14-7-3-6-12-8-10-4-1-2-5-11(10)9-13(12)14/h1-6,8-9,14H,7,15H2. The maximum atomic E-state index is 6.09. The number of hydrogen-bond donors (Lipinski definition) is 1. The zero-order valence-electron chi connectivity index (χ0n) is 8.48. The molecule has 0 amide bonds. The Hall–Kier alpha value is -1.60. The fourth-order valence-corrected chi connectivity index (χ4v) is 2.21. The highest BCUT2D eigenvalue weighted by Gasteiger charge is 2.13. The molecule has 0 bridgehead atoms. The molecule has 15 heavy (non-hydrogen) atoms. The van der Waals surface area contributed by atoms with Crippen molar-refractivity contribution in [1.29, 1.82) is 0 Å². The van der Waals surface area contributed by atoms with Crippen LogP contribution in [0.15, 0.2) is 42.5 Å². The Morgan fingerprint density at radius 2 is 1.80 bits per heavy atom. The summed E-state index contributed by atoms with van der Waals surface area (Å²) in [6.45, 7) is 0. The Balaban J connectivity index is 2.33. The summed E-state index contributed by atoms with van der Waals surface area (Å²) >= 11 is 0. The SMILES string of the molecule is NC1CC=Cc2cc3ccccc3cc21. The minimum atomic E-state index is 0.162. The van der Waals surface area contributed by atoms with Gasteiger partial charge >= 0.3 is 0 Å². The lowest BCUT2D eigenvalue weighted by Crippen LogP contribution is -2.12. The van der Waals surface area contributed by atoms with Crippen molar-refractivity contribution in [3.05, 3.63) is 53.6 Å². The minimum Gasteiger partial charge on any atom is -0.324 e. The maximum absolute atomic E-state index is 6.09. The van der Waals surface area contributed by atoms with Crippen molar-refractivity contribution in [2.75, 3.05) is 0 Å². The van der Waals surface area contributed by atoms with Gasteiger partial charge in [0, 0.05) is 6.04 Å². The summed E-state index contributed by atoms with van der Waals surface area (Å²) in [6.07, 6.45) is 5.28. The molecule has 1 unspecified atom stereocenters. The van der Waals surface area contributed by atoms with Gasteiger partial charge < -0.3 is 5.73 Å². The van der Waals surface area contributed by atoms with E-state index in [1.807, 2.05) is 0 Å². The summed E-state index contributed by atoms with van der Waals surface area (Å²) in [7, 11) is 0. The van der Waals surface area contributed by atoms with E-state index in [9.17, 15) is 0 Å². The van der Waals surface area contributed by atoms with E-state index in [0.29, 0.717) is 0 Å². The lowest BCUT2D eigenvalue weighted by atomic mass is 9.91. The summed E-state index contributed by atoms with van der Waals surface area (Å²) in [5.74, 6) is 0. The van der Waals surface area contributed by atoms with Crippen molar-refractivity contribution in [1.82, 2.24) is 0 Å². The average molecular weight is 195 g/mol. The van der Waals surface area contributed by atoms with Gasteiger partial charge in [-0.25, -0.2) is 0 Å². The van der Waals surface area contributed by atoms with E-state index in [1.54, 1.807) is 0 Å². The van der Waals surface area contributed by atoms with Gasteiger partial charge in [-0.05, 0) is 40.5 Å². The van der Waals surface area contributed by atoms with Gasteiger partial charge in [-0.1, -0.05) is 36.4 Å². The molecule has 3 rings (SSSR count). The molecule has 0 saturated heterocycles. The van der Waals surface area contributed by atoms with Crippen LogP contribution in [0.25, 0.3) is 16.8 Å². The summed E-state index contributed by atoms with van der Waals surface area (Å²) in [6, 6.07) is 13.0. The lowest BCUT2D eigenvalue weighted by molar-refractivity contribution is 0.734. The van der Waals surface area contributed by atoms with Crippen LogP contribution in [0.3, 0.4) is 0 Å². The van der Waals surface area contributed by atoms with Crippen LogP contribution in [-0.2, 0) is 0 Å². The van der Waals surface area contributed by atoms with Gasteiger partial charge in [-0.3, -0.25) is 0 Å². The Kier molecular flexibility index (Phi) is 1.86. The molecule has 2 aromatic rings. The zero-order valence-corrected chi connectivity index (χ0v) is 8.48. The Morgan fingerprint density at radius 3 is 2.60 bits per heavy atom. The molecule has 0 saturated carbocycles. The second-order valence-corrected chi connectivity index (χ2v) is 4.07. The molecule has 0 aromatic heterocycles. The first-order chi connectivity index (χ1) is 7.34. The molecule has 1 aliphatic rings. The summed E-state index contributed by atoms with van der Waals surface area (Å²) < 4.78 is 0. The first-order valence-corrected chi connectivity index (χ1v) is 5.29. The van der Waals surface area contributed by atoms with Crippen LogP contribution in [0.1, 0.15) is 23.6 Å². The van der Waals surface area contributed by atoms with Crippen LogP contribution >= 0.6 is 0 Å². The molecule has 74 valence electrons. The summed E-state index contributed by atoms with van der Waals surface area (Å²) in [4.78, 5) is 0. The van der Waals surface area contributed by atoms with Crippen molar-refractivity contribution >= 4 is 16.8 Å². The monoisotopic (exact) mass is 195 g/mol. The van der Waals surface area contributed by atoms with Gasteiger partial charge in [0.2, 0.25) is 0 Å². The van der Waals surface area contributed by atoms with E-state index >= 15 is 0 Å². The number of rotatable bonds is 0. The maximum Gasteiger partial charge on any atom is 0.0336 e. The van der Waals surface area contributed by atoms with Crippen molar-refractivity contribution in [2.45, 2.75) is 12.5 Å². The summed E-state index contributed by atoms with van der Waals surface area (Å²) in [5, 5.41) is 2.57. The molecular formula is C14H13N. The van der Waals surface area contributed by atoms with Crippen LogP contribution < -0.4 is 5.73 Å². The molecule has 2 aromatic carbocycles. The summed E-state index contributed by atoms with van der Waals surface area (Å²) in [5.41, 5.74) is 8.63. The average Bonchev–Trinajstić information content (AvgIpc) is 2.27. The third-order valence-electron chi connectivity index (χ3n) is 3.04. The van der Waals surface area contributed by atoms with E-state index < -0.39 is 0 Å². The van der Waals surface area contributed by atoms with Gasteiger partial charge in [0.15, 0.2) is 0 Å². The molecule has 1 aliphatic carbocycles. The lowest BCUT2D eigenvalue weighted by Gasteiger charge is -2.18. The van der Waals surface area contributed by atoms with Crippen LogP contribution in [0.4, 0.5) is 0 Å². The molecule has 0 aliphatic heterocycles. The number of hydrogen-bond acceptors (Lipinski definition) is 1. The second-order valence-electron chi connectivity index (χ2n) is 4.07. The van der Waals surface area contributed by atoms with E-state index in [1.165, 1.54) is 21.9 Å². The molecule has 2 N–H and O–H groups in total. The third-order valence-corrected chi connectivity index (χ3v) is 3.04. The van der Waals surface area contributed by atoms with E-state index in [4.69, 9.17) is 5.73 Å². The van der Waals surface area contributed by atoms with Gasteiger partial charge in [0.1, 0.15) is 0 Å². The highest BCUT2D eigenvalue weighted by molar-refractivity contribution is 5.86. The van der Waals surface area contributed by atoms with Crippen molar-refractivity contribution < 1.29 is 0 Å². The fourth-order valence-electron chi connectivity index (χ4n) is 2.21. The molecule has 0 spiro atoms. The highest BCUT2D eigenvalue weighted by atomic mass is 14.6. The number of nitrogens with two attached hydrogens (primary N) is 1. The molecular weight excluding hydrogens is 182 g/mol.